The van der Waals surface area contributed by atoms with Gasteiger partial charge in [0, 0.05) is 8.47 Å². The minimum absolute atomic E-state index is 0. The van der Waals surface area contributed by atoms with E-state index >= 15 is 0 Å². The summed E-state index contributed by atoms with van der Waals surface area (Å²) in [4.78, 5) is 0. The second-order valence-electron chi connectivity index (χ2n) is 2.97. The van der Waals surface area contributed by atoms with Crippen LogP contribution in [0.2, 0.25) is 0 Å². The molecule has 2 N–H and O–H groups in total. The van der Waals surface area contributed by atoms with Gasteiger partial charge in [0.05, 0.1) is 5.70 Å². The summed E-state index contributed by atoms with van der Waals surface area (Å²) in [6.45, 7) is 6.10. The first kappa shape index (κ1) is 13.7. The topological polar surface area (TPSA) is 29.3 Å². The molecule has 0 aromatic heterocycles. The fourth-order valence-electron chi connectivity index (χ4n) is 1.27. The van der Waals surface area contributed by atoms with Crippen molar-refractivity contribution >= 4 is 5.70 Å². The van der Waals surface area contributed by atoms with Crippen molar-refractivity contribution in [2.24, 2.45) is 5.84 Å². The average Bonchev–Trinajstić information content (AvgIpc) is 2.29. The summed E-state index contributed by atoms with van der Waals surface area (Å²) < 4.78 is 0. The number of hydrogen-bond acceptors (Lipinski definition) is 2. The molecule has 0 aliphatic rings. The molecule has 0 atom stereocenters. The molecule has 0 aliphatic heterocycles. The molecular weight excluding hydrogens is 184 g/mol. The van der Waals surface area contributed by atoms with Gasteiger partial charge in [-0.3, -0.25) is 0 Å². The molecule has 0 saturated heterocycles. The number of nitrogens with two attached hydrogens (primary N) is 1. The lowest BCUT2D eigenvalue weighted by molar-refractivity contribution is 0.509. The normalized spacial score (nSPS) is 10.3. The van der Waals surface area contributed by atoms with Crippen molar-refractivity contribution in [1.82, 2.24) is 5.01 Å². The van der Waals surface area contributed by atoms with Crippen LogP contribution < -0.4 is 5.84 Å². The van der Waals surface area contributed by atoms with Crippen LogP contribution in [0.5, 0.6) is 0 Å². The van der Waals surface area contributed by atoms with Gasteiger partial charge in [-0.05, 0) is 12.0 Å². The predicted molar refractivity (Wildman–Crippen MR) is 70.1 cm³/mol. The summed E-state index contributed by atoms with van der Waals surface area (Å²) in [5.74, 6) is 5.72. The third-order valence-corrected chi connectivity index (χ3v) is 1.85. The number of rotatable bonds is 3. The van der Waals surface area contributed by atoms with Crippen LogP contribution in [0, 0.1) is 0 Å². The molecule has 0 heterocycles. The first-order valence-corrected chi connectivity index (χ1v) is 5.49. The van der Waals surface area contributed by atoms with Crippen LogP contribution >= 0.6 is 0 Å². The molecular formula is C13H24N2. The molecule has 2 nitrogen and oxygen atoms in total. The van der Waals surface area contributed by atoms with Gasteiger partial charge in [0.2, 0.25) is 0 Å². The Labute approximate surface area is 94.9 Å². The van der Waals surface area contributed by atoms with Gasteiger partial charge in [-0.15, -0.1) is 0 Å². The second-order valence-corrected chi connectivity index (χ2v) is 2.97. The number of nitrogens with zero attached hydrogens (tertiary/aromatic N) is 1. The molecule has 0 spiro atoms. The van der Waals surface area contributed by atoms with Crippen LogP contribution in [-0.4, -0.2) is 12.1 Å². The molecule has 1 aromatic rings. The Morgan fingerprint density at radius 3 is 2.27 bits per heavy atom. The molecule has 2 heteroatoms. The van der Waals surface area contributed by atoms with Crippen molar-refractivity contribution in [3.05, 3.63) is 42.0 Å². The second kappa shape index (κ2) is 8.06. The Morgan fingerprint density at radius 1 is 1.33 bits per heavy atom. The maximum absolute atomic E-state index is 5.72. The molecule has 0 fully saturated rings. The van der Waals surface area contributed by atoms with E-state index in [1.165, 1.54) is 0 Å². The minimum atomic E-state index is 0. The zero-order chi connectivity index (χ0) is 11.7. The van der Waals surface area contributed by atoms with Crippen molar-refractivity contribution in [2.75, 3.05) is 7.05 Å². The van der Waals surface area contributed by atoms with Crippen LogP contribution in [0.3, 0.4) is 0 Å². The van der Waals surface area contributed by atoms with Crippen LogP contribution in [0.25, 0.3) is 5.70 Å². The third kappa shape index (κ3) is 4.66. The lowest BCUT2D eigenvalue weighted by atomic mass is 10.1. The Hall–Kier alpha value is -1.28. The Kier molecular flexibility index (Phi) is 7.38. The van der Waals surface area contributed by atoms with E-state index in [-0.39, 0.29) is 1.43 Å². The van der Waals surface area contributed by atoms with Crippen molar-refractivity contribution in [1.29, 1.82) is 0 Å². The van der Waals surface area contributed by atoms with Crippen molar-refractivity contribution in [3.63, 3.8) is 0 Å². The van der Waals surface area contributed by atoms with Gasteiger partial charge in [-0.2, -0.15) is 0 Å². The highest BCUT2D eigenvalue weighted by atomic mass is 15.4. The zero-order valence-electron chi connectivity index (χ0n) is 10.2. The largest absolute Gasteiger partial charge is 0.314 e. The standard InChI is InChI=1S/C11H16N2.C2H6.H2/c1-3-7-11(13(2)12)10-8-5-4-6-9-10;1-2;/h4-9H,3,12H2,1-2H3;1-2H3;1H/b11-7+;;. The minimum Gasteiger partial charge on any atom is -0.314 e. The van der Waals surface area contributed by atoms with Gasteiger partial charge in [-0.1, -0.05) is 57.2 Å². The van der Waals surface area contributed by atoms with Gasteiger partial charge in [0.15, 0.2) is 0 Å². The lowest BCUT2D eigenvalue weighted by Gasteiger charge is -2.16. The van der Waals surface area contributed by atoms with E-state index in [4.69, 9.17) is 5.84 Å². The summed E-state index contributed by atoms with van der Waals surface area (Å²) in [7, 11) is 1.86. The fraction of sp³-hybridized carbons (Fsp3) is 0.385. The molecule has 0 amide bonds. The van der Waals surface area contributed by atoms with E-state index < -0.39 is 0 Å². The van der Waals surface area contributed by atoms with Crippen molar-refractivity contribution in [3.8, 4) is 0 Å². The molecule has 0 unspecified atom stereocenters. The molecule has 1 aromatic carbocycles. The van der Waals surface area contributed by atoms with Gasteiger partial charge in [0.25, 0.3) is 0 Å². The molecule has 0 radical (unpaired) electrons. The quantitative estimate of drug-likeness (QED) is 0.608. The van der Waals surface area contributed by atoms with Crippen molar-refractivity contribution < 1.29 is 1.43 Å². The molecule has 15 heavy (non-hydrogen) atoms. The van der Waals surface area contributed by atoms with E-state index in [9.17, 15) is 0 Å². The van der Waals surface area contributed by atoms with Gasteiger partial charge >= 0.3 is 0 Å². The van der Waals surface area contributed by atoms with Crippen molar-refractivity contribution in [2.45, 2.75) is 27.2 Å². The van der Waals surface area contributed by atoms with Gasteiger partial charge < -0.3 is 5.01 Å². The summed E-state index contributed by atoms with van der Waals surface area (Å²) in [6, 6.07) is 10.2. The number of benzene rings is 1. The SMILES string of the molecule is CC.CC/C=C(\c1ccccc1)N(C)N.[HH]. The summed E-state index contributed by atoms with van der Waals surface area (Å²) >= 11 is 0. The molecule has 0 bridgehead atoms. The fourth-order valence-corrected chi connectivity index (χ4v) is 1.27. The molecule has 0 aliphatic carbocycles. The highest BCUT2D eigenvalue weighted by molar-refractivity contribution is 5.63. The first-order chi connectivity index (χ1) is 7.25. The summed E-state index contributed by atoms with van der Waals surface area (Å²) in [5.41, 5.74) is 2.23. The smallest absolute Gasteiger partial charge is 0.0546 e. The highest BCUT2D eigenvalue weighted by Crippen LogP contribution is 2.15. The van der Waals surface area contributed by atoms with E-state index in [1.807, 2.05) is 39.1 Å². The van der Waals surface area contributed by atoms with Crippen LogP contribution in [0.4, 0.5) is 0 Å². The predicted octanol–water partition coefficient (Wildman–Crippen LogP) is 3.52. The maximum atomic E-state index is 5.72. The molecule has 86 valence electrons. The Bertz CT molecular complexity index is 281. The maximum Gasteiger partial charge on any atom is 0.0546 e. The van der Waals surface area contributed by atoms with E-state index in [0.717, 1.165) is 17.7 Å². The summed E-state index contributed by atoms with van der Waals surface area (Å²) in [5, 5.41) is 1.65. The highest BCUT2D eigenvalue weighted by Gasteiger charge is 2.01. The van der Waals surface area contributed by atoms with Gasteiger partial charge in [-0.25, -0.2) is 5.84 Å². The number of allylic oxidation sites excluding steroid dienone is 1. The monoisotopic (exact) mass is 208 g/mol. The Morgan fingerprint density at radius 2 is 1.87 bits per heavy atom. The molecule has 1 rings (SSSR count). The molecule has 0 saturated carbocycles. The van der Waals surface area contributed by atoms with E-state index in [0.29, 0.717) is 0 Å². The third-order valence-electron chi connectivity index (χ3n) is 1.85. The van der Waals surface area contributed by atoms with E-state index in [1.54, 1.807) is 5.01 Å². The first-order valence-electron chi connectivity index (χ1n) is 5.49. The van der Waals surface area contributed by atoms with Crippen LogP contribution in [-0.2, 0) is 0 Å². The average molecular weight is 208 g/mol. The van der Waals surface area contributed by atoms with E-state index in [2.05, 4.69) is 25.1 Å². The lowest BCUT2D eigenvalue weighted by Crippen LogP contribution is -2.24. The number of hydrazine groups is 1. The summed E-state index contributed by atoms with van der Waals surface area (Å²) in [6.07, 6.45) is 3.11. The number of hydrogen-bond donors (Lipinski definition) is 1. The van der Waals surface area contributed by atoms with Crippen LogP contribution in [0.1, 0.15) is 34.2 Å². The van der Waals surface area contributed by atoms with Crippen LogP contribution in [0.15, 0.2) is 36.4 Å². The van der Waals surface area contributed by atoms with Gasteiger partial charge in [0.1, 0.15) is 0 Å². The zero-order valence-corrected chi connectivity index (χ0v) is 10.2. The Balaban J connectivity index is 0.